The van der Waals surface area contributed by atoms with E-state index in [9.17, 15) is 4.79 Å². The molecule has 4 heteroatoms. The minimum Gasteiger partial charge on any atom is -0.342 e. The Bertz CT molecular complexity index is 745. The van der Waals surface area contributed by atoms with Gasteiger partial charge in [-0.05, 0) is 24.8 Å². The first kappa shape index (κ1) is 13.4. The van der Waals surface area contributed by atoms with Gasteiger partial charge in [0.05, 0.1) is 6.54 Å². The lowest BCUT2D eigenvalue weighted by Gasteiger charge is -2.41. The van der Waals surface area contributed by atoms with Gasteiger partial charge in [0.2, 0.25) is 0 Å². The molecule has 0 spiro atoms. The summed E-state index contributed by atoms with van der Waals surface area (Å²) in [6.45, 7) is 4.84. The SMILES string of the molecule is C[C@@H]1CC(=O)C2=C(C1)NC1=C(CN=N1)[C@]2(C)c1ccccc1. The smallest absolute Gasteiger partial charge is 0.162 e. The molecule has 1 aromatic rings. The Balaban J connectivity index is 1.95. The maximum absolute atomic E-state index is 12.8. The van der Waals surface area contributed by atoms with Gasteiger partial charge in [-0.15, -0.1) is 5.11 Å². The summed E-state index contributed by atoms with van der Waals surface area (Å²) in [5.41, 5.74) is 3.79. The molecule has 1 aromatic carbocycles. The number of carbonyl (C=O) groups is 1. The maximum atomic E-state index is 12.8. The average molecular weight is 293 g/mol. The first-order valence-corrected chi connectivity index (χ1v) is 7.81. The Morgan fingerprint density at radius 1 is 1.23 bits per heavy atom. The van der Waals surface area contributed by atoms with Crippen molar-refractivity contribution in [1.29, 1.82) is 0 Å². The number of azo groups is 1. The van der Waals surface area contributed by atoms with E-state index in [2.05, 4.69) is 41.5 Å². The predicted octanol–water partition coefficient (Wildman–Crippen LogP) is 3.48. The number of dihydropyridines is 1. The normalized spacial score (nSPS) is 30.3. The third-order valence-corrected chi connectivity index (χ3v) is 5.08. The van der Waals surface area contributed by atoms with E-state index < -0.39 is 5.41 Å². The van der Waals surface area contributed by atoms with Gasteiger partial charge in [0.1, 0.15) is 0 Å². The largest absolute Gasteiger partial charge is 0.342 e. The van der Waals surface area contributed by atoms with Gasteiger partial charge >= 0.3 is 0 Å². The van der Waals surface area contributed by atoms with Crippen molar-refractivity contribution >= 4 is 5.78 Å². The Labute approximate surface area is 130 Å². The Morgan fingerprint density at radius 2 is 2.00 bits per heavy atom. The summed E-state index contributed by atoms with van der Waals surface area (Å²) in [5.74, 6) is 1.47. The molecule has 4 rings (SSSR count). The first-order chi connectivity index (χ1) is 10.6. The van der Waals surface area contributed by atoms with Crippen molar-refractivity contribution in [3.05, 3.63) is 58.6 Å². The molecule has 112 valence electrons. The summed E-state index contributed by atoms with van der Waals surface area (Å²) >= 11 is 0. The van der Waals surface area contributed by atoms with Crippen molar-refractivity contribution < 1.29 is 4.79 Å². The van der Waals surface area contributed by atoms with Crippen LogP contribution in [0.25, 0.3) is 0 Å². The van der Waals surface area contributed by atoms with E-state index in [4.69, 9.17) is 0 Å². The molecule has 0 saturated heterocycles. The second-order valence-electron chi connectivity index (χ2n) is 6.63. The highest BCUT2D eigenvalue weighted by molar-refractivity contribution is 6.01. The molecule has 3 aliphatic rings. The monoisotopic (exact) mass is 293 g/mol. The van der Waals surface area contributed by atoms with Crippen LogP contribution in [0.2, 0.25) is 0 Å². The van der Waals surface area contributed by atoms with Gasteiger partial charge in [0.15, 0.2) is 11.6 Å². The number of rotatable bonds is 1. The summed E-state index contributed by atoms with van der Waals surface area (Å²) < 4.78 is 0. The molecule has 22 heavy (non-hydrogen) atoms. The van der Waals surface area contributed by atoms with Crippen molar-refractivity contribution in [2.24, 2.45) is 16.1 Å². The van der Waals surface area contributed by atoms with Crippen LogP contribution in [0.15, 0.2) is 63.2 Å². The highest BCUT2D eigenvalue weighted by Gasteiger charge is 2.47. The van der Waals surface area contributed by atoms with Crippen molar-refractivity contribution in [1.82, 2.24) is 5.32 Å². The molecule has 0 unspecified atom stereocenters. The highest BCUT2D eigenvalue weighted by Crippen LogP contribution is 2.49. The zero-order chi connectivity index (χ0) is 15.3. The van der Waals surface area contributed by atoms with Crippen LogP contribution < -0.4 is 5.32 Å². The van der Waals surface area contributed by atoms with Crippen molar-refractivity contribution in [2.45, 2.75) is 32.1 Å². The second-order valence-corrected chi connectivity index (χ2v) is 6.63. The molecule has 0 fully saturated rings. The third-order valence-electron chi connectivity index (χ3n) is 5.08. The van der Waals surface area contributed by atoms with E-state index in [0.717, 1.165) is 34.6 Å². The van der Waals surface area contributed by atoms with E-state index >= 15 is 0 Å². The molecule has 0 aromatic heterocycles. The van der Waals surface area contributed by atoms with E-state index in [1.54, 1.807) is 0 Å². The molecule has 2 atom stereocenters. The third kappa shape index (κ3) is 1.73. The lowest BCUT2D eigenvalue weighted by Crippen LogP contribution is -2.43. The number of nitrogens with one attached hydrogen (secondary N) is 1. The standard InChI is InChI=1S/C18H19N3O/c1-11-8-14-16(15(22)9-11)18(2,12-6-4-3-5-7-12)13-10-19-21-17(13)20-14/h3-7,11,20H,8-10H2,1-2H3/t11-,18-/m0/s1. The van der Waals surface area contributed by atoms with E-state index in [1.165, 1.54) is 0 Å². The van der Waals surface area contributed by atoms with Crippen LogP contribution in [0, 0.1) is 5.92 Å². The molecule has 1 N–H and O–H groups in total. The number of ketones is 1. The summed E-state index contributed by atoms with van der Waals surface area (Å²) in [4.78, 5) is 12.8. The molecular weight excluding hydrogens is 274 g/mol. The van der Waals surface area contributed by atoms with Crippen LogP contribution in [0.1, 0.15) is 32.3 Å². The molecule has 0 saturated carbocycles. The van der Waals surface area contributed by atoms with Crippen molar-refractivity contribution in [2.75, 3.05) is 6.54 Å². The zero-order valence-electron chi connectivity index (χ0n) is 12.9. The molecule has 4 nitrogen and oxygen atoms in total. The Morgan fingerprint density at radius 3 is 2.77 bits per heavy atom. The zero-order valence-corrected chi connectivity index (χ0v) is 12.9. The van der Waals surface area contributed by atoms with Gasteiger partial charge < -0.3 is 5.32 Å². The lowest BCUT2D eigenvalue weighted by molar-refractivity contribution is -0.117. The van der Waals surface area contributed by atoms with Gasteiger partial charge in [-0.3, -0.25) is 4.79 Å². The summed E-state index contributed by atoms with van der Waals surface area (Å²) in [5, 5.41) is 11.9. The Hall–Kier alpha value is -2.23. The van der Waals surface area contributed by atoms with E-state index in [0.29, 0.717) is 18.9 Å². The number of nitrogens with zero attached hydrogens (tertiary/aromatic N) is 2. The second kappa shape index (κ2) is 4.63. The van der Waals surface area contributed by atoms with Gasteiger partial charge in [0.25, 0.3) is 0 Å². The molecule has 2 heterocycles. The lowest BCUT2D eigenvalue weighted by atomic mass is 9.64. The van der Waals surface area contributed by atoms with Crippen LogP contribution in [0.5, 0.6) is 0 Å². The number of hydrogen-bond acceptors (Lipinski definition) is 4. The summed E-state index contributed by atoms with van der Waals surface area (Å²) in [7, 11) is 0. The Kier molecular flexibility index (Phi) is 2.83. The molecule has 0 radical (unpaired) electrons. The van der Waals surface area contributed by atoms with E-state index in [1.807, 2.05) is 18.2 Å². The van der Waals surface area contributed by atoms with Gasteiger partial charge in [-0.1, -0.05) is 37.3 Å². The molecule has 0 bridgehead atoms. The minimum atomic E-state index is -0.419. The van der Waals surface area contributed by atoms with Gasteiger partial charge in [-0.25, -0.2) is 0 Å². The van der Waals surface area contributed by atoms with Crippen molar-refractivity contribution in [3.8, 4) is 0 Å². The minimum absolute atomic E-state index is 0.256. The fourth-order valence-electron chi connectivity index (χ4n) is 3.99. The van der Waals surface area contributed by atoms with Crippen LogP contribution in [0.4, 0.5) is 0 Å². The van der Waals surface area contributed by atoms with Gasteiger partial charge in [-0.2, -0.15) is 5.11 Å². The molecule has 2 aliphatic heterocycles. The number of Topliss-reactive ketones (excluding diaryl/α,β-unsaturated/α-hetero) is 1. The fourth-order valence-corrected chi connectivity index (χ4v) is 3.99. The quantitative estimate of drug-likeness (QED) is 0.862. The number of hydrogen-bond donors (Lipinski definition) is 1. The maximum Gasteiger partial charge on any atom is 0.162 e. The summed E-state index contributed by atoms with van der Waals surface area (Å²) in [6, 6.07) is 10.3. The number of carbonyl (C=O) groups excluding carboxylic acids is 1. The van der Waals surface area contributed by atoms with Crippen LogP contribution in [0.3, 0.4) is 0 Å². The average Bonchev–Trinajstić information content (AvgIpc) is 2.96. The fraction of sp³-hybridized carbons (Fsp3) is 0.389. The highest BCUT2D eigenvalue weighted by atomic mass is 16.1. The van der Waals surface area contributed by atoms with Crippen molar-refractivity contribution in [3.63, 3.8) is 0 Å². The molecule has 0 amide bonds. The van der Waals surface area contributed by atoms with Gasteiger partial charge in [0, 0.05) is 28.7 Å². The first-order valence-electron chi connectivity index (χ1n) is 7.81. The number of allylic oxidation sites excluding steroid dienone is 2. The van der Waals surface area contributed by atoms with E-state index in [-0.39, 0.29) is 5.78 Å². The van der Waals surface area contributed by atoms with Crippen LogP contribution in [-0.2, 0) is 10.2 Å². The van der Waals surface area contributed by atoms with Crippen LogP contribution >= 0.6 is 0 Å². The topological polar surface area (TPSA) is 53.8 Å². The molecular formula is C18H19N3O. The predicted molar refractivity (Wildman–Crippen MR) is 84.1 cm³/mol. The summed E-state index contributed by atoms with van der Waals surface area (Å²) in [6.07, 6.45) is 1.52. The molecule has 1 aliphatic carbocycles. The van der Waals surface area contributed by atoms with Crippen LogP contribution in [-0.4, -0.2) is 12.3 Å². The number of benzene rings is 1.